The molecule has 0 aliphatic heterocycles. The molecule has 1 amide bonds. The number of carbonyl (C=O) groups is 1. The van der Waals surface area contributed by atoms with Gasteiger partial charge in [0.25, 0.3) is 5.91 Å². The van der Waals surface area contributed by atoms with Crippen LogP contribution in [0.2, 0.25) is 5.02 Å². The summed E-state index contributed by atoms with van der Waals surface area (Å²) >= 11 is 6.01. The molecule has 20 heavy (non-hydrogen) atoms. The standard InChI is InChI=1S/C14H22ClN3O2/c1-14(2,5-6-20-4)9-18-13(19)10-7-11(15)12(16-3)17-8-10/h7-8H,5-6,9H2,1-4H3,(H,16,17)(H,18,19). The number of ether oxygens (including phenoxy) is 1. The quantitative estimate of drug-likeness (QED) is 0.812. The number of nitrogens with one attached hydrogen (secondary N) is 2. The summed E-state index contributed by atoms with van der Waals surface area (Å²) in [7, 11) is 3.40. The van der Waals surface area contributed by atoms with Crippen molar-refractivity contribution in [1.29, 1.82) is 0 Å². The summed E-state index contributed by atoms with van der Waals surface area (Å²) in [6.45, 7) is 5.41. The first-order valence-corrected chi connectivity index (χ1v) is 6.88. The highest BCUT2D eigenvalue weighted by Gasteiger charge is 2.19. The van der Waals surface area contributed by atoms with Crippen molar-refractivity contribution in [2.45, 2.75) is 20.3 Å². The van der Waals surface area contributed by atoms with Gasteiger partial charge in [0.2, 0.25) is 0 Å². The number of nitrogens with zero attached hydrogens (tertiary/aromatic N) is 1. The molecule has 0 aliphatic rings. The van der Waals surface area contributed by atoms with Crippen molar-refractivity contribution < 1.29 is 9.53 Å². The van der Waals surface area contributed by atoms with E-state index in [4.69, 9.17) is 16.3 Å². The zero-order valence-corrected chi connectivity index (χ0v) is 13.2. The van der Waals surface area contributed by atoms with E-state index < -0.39 is 0 Å². The molecule has 0 radical (unpaired) electrons. The van der Waals surface area contributed by atoms with Crippen LogP contribution in [0.4, 0.5) is 5.82 Å². The second kappa shape index (κ2) is 7.45. The maximum absolute atomic E-state index is 12.1. The number of hydrogen-bond acceptors (Lipinski definition) is 4. The summed E-state index contributed by atoms with van der Waals surface area (Å²) in [6.07, 6.45) is 2.39. The minimum absolute atomic E-state index is 0.0200. The summed E-state index contributed by atoms with van der Waals surface area (Å²) in [5.74, 6) is 0.385. The third-order valence-corrected chi connectivity index (χ3v) is 3.34. The van der Waals surface area contributed by atoms with E-state index in [1.807, 2.05) is 0 Å². The first-order valence-electron chi connectivity index (χ1n) is 6.50. The van der Waals surface area contributed by atoms with Crippen LogP contribution in [-0.4, -0.2) is 38.2 Å². The first-order chi connectivity index (χ1) is 9.39. The zero-order chi connectivity index (χ0) is 15.2. The van der Waals surface area contributed by atoms with E-state index in [0.717, 1.165) is 6.42 Å². The van der Waals surface area contributed by atoms with E-state index in [1.54, 1.807) is 20.2 Å². The molecule has 2 N–H and O–H groups in total. The Hall–Kier alpha value is -1.33. The Bertz CT molecular complexity index is 464. The van der Waals surface area contributed by atoms with Gasteiger partial charge >= 0.3 is 0 Å². The molecule has 1 aromatic rings. The van der Waals surface area contributed by atoms with Gasteiger partial charge in [-0.2, -0.15) is 0 Å². The molecule has 5 nitrogen and oxygen atoms in total. The van der Waals surface area contributed by atoms with Crippen LogP contribution >= 0.6 is 11.6 Å². The normalized spacial score (nSPS) is 11.2. The maximum atomic E-state index is 12.1. The monoisotopic (exact) mass is 299 g/mol. The molecular formula is C14H22ClN3O2. The van der Waals surface area contributed by atoms with Gasteiger partial charge < -0.3 is 15.4 Å². The molecule has 1 heterocycles. The molecule has 1 aromatic heterocycles. The van der Waals surface area contributed by atoms with Crippen molar-refractivity contribution >= 4 is 23.3 Å². The highest BCUT2D eigenvalue weighted by atomic mass is 35.5. The predicted molar refractivity (Wildman–Crippen MR) is 81.4 cm³/mol. The van der Waals surface area contributed by atoms with E-state index in [0.29, 0.717) is 29.6 Å². The Labute approximate surface area is 125 Å². The number of amides is 1. The van der Waals surface area contributed by atoms with Crippen LogP contribution in [0.3, 0.4) is 0 Å². The van der Waals surface area contributed by atoms with Crippen LogP contribution in [-0.2, 0) is 4.74 Å². The third-order valence-electron chi connectivity index (χ3n) is 3.05. The van der Waals surface area contributed by atoms with E-state index in [-0.39, 0.29) is 11.3 Å². The minimum Gasteiger partial charge on any atom is -0.385 e. The van der Waals surface area contributed by atoms with Crippen LogP contribution in [0, 0.1) is 5.41 Å². The number of methoxy groups -OCH3 is 1. The van der Waals surface area contributed by atoms with Crippen LogP contribution < -0.4 is 10.6 Å². The van der Waals surface area contributed by atoms with Gasteiger partial charge in [0.15, 0.2) is 0 Å². The van der Waals surface area contributed by atoms with Gasteiger partial charge in [-0.1, -0.05) is 25.4 Å². The SMILES string of the molecule is CNc1ncc(C(=O)NCC(C)(C)CCOC)cc1Cl. The smallest absolute Gasteiger partial charge is 0.252 e. The minimum atomic E-state index is -0.174. The average Bonchev–Trinajstić information content (AvgIpc) is 2.42. The lowest BCUT2D eigenvalue weighted by molar-refractivity contribution is 0.0920. The number of halogens is 1. The van der Waals surface area contributed by atoms with Crippen molar-refractivity contribution in [1.82, 2.24) is 10.3 Å². The summed E-state index contributed by atoms with van der Waals surface area (Å²) in [5, 5.41) is 6.18. The third kappa shape index (κ3) is 4.98. The molecule has 6 heteroatoms. The van der Waals surface area contributed by atoms with Gasteiger partial charge in [-0.3, -0.25) is 4.79 Å². The number of rotatable bonds is 7. The number of hydrogen-bond donors (Lipinski definition) is 2. The summed E-state index contributed by atoms with van der Waals surface area (Å²) in [4.78, 5) is 16.1. The van der Waals surface area contributed by atoms with Gasteiger partial charge in [0.1, 0.15) is 5.82 Å². The zero-order valence-electron chi connectivity index (χ0n) is 12.4. The van der Waals surface area contributed by atoms with Crippen molar-refractivity contribution in [3.8, 4) is 0 Å². The average molecular weight is 300 g/mol. The molecule has 0 fully saturated rings. The van der Waals surface area contributed by atoms with Crippen LogP contribution in [0.5, 0.6) is 0 Å². The van der Waals surface area contributed by atoms with Crippen LogP contribution in [0.25, 0.3) is 0 Å². The molecule has 0 bridgehead atoms. The lowest BCUT2D eigenvalue weighted by atomic mass is 9.89. The Morgan fingerprint density at radius 2 is 2.20 bits per heavy atom. The second-order valence-corrected chi connectivity index (χ2v) is 5.80. The van der Waals surface area contributed by atoms with E-state index in [9.17, 15) is 4.79 Å². The predicted octanol–water partition coefficient (Wildman–Crippen LogP) is 2.57. The molecular weight excluding hydrogens is 278 g/mol. The Balaban J connectivity index is 2.61. The van der Waals surface area contributed by atoms with Crippen molar-refractivity contribution in [3.05, 3.63) is 22.8 Å². The van der Waals surface area contributed by atoms with Gasteiger partial charge in [0.05, 0.1) is 10.6 Å². The Kier molecular flexibility index (Phi) is 6.23. The molecule has 0 aliphatic carbocycles. The van der Waals surface area contributed by atoms with Gasteiger partial charge in [0, 0.05) is 33.5 Å². The lowest BCUT2D eigenvalue weighted by Gasteiger charge is -2.24. The fourth-order valence-electron chi connectivity index (χ4n) is 1.63. The number of pyridine rings is 1. The molecule has 0 aromatic carbocycles. The number of carbonyl (C=O) groups excluding carboxylic acids is 1. The van der Waals surface area contributed by atoms with Crippen molar-refractivity contribution in [3.63, 3.8) is 0 Å². The van der Waals surface area contributed by atoms with Crippen LogP contribution in [0.15, 0.2) is 12.3 Å². The van der Waals surface area contributed by atoms with Gasteiger partial charge in [-0.25, -0.2) is 4.98 Å². The molecule has 0 spiro atoms. The summed E-state index contributed by atoms with van der Waals surface area (Å²) in [5.41, 5.74) is 0.435. The van der Waals surface area contributed by atoms with Crippen LogP contribution in [0.1, 0.15) is 30.6 Å². The lowest BCUT2D eigenvalue weighted by Crippen LogP contribution is -2.34. The number of anilines is 1. The molecule has 0 unspecified atom stereocenters. The van der Waals surface area contributed by atoms with Crippen molar-refractivity contribution in [2.24, 2.45) is 5.41 Å². The molecule has 0 saturated carbocycles. The molecule has 1 rings (SSSR count). The highest BCUT2D eigenvalue weighted by molar-refractivity contribution is 6.33. The molecule has 112 valence electrons. The summed E-state index contributed by atoms with van der Waals surface area (Å²) < 4.78 is 5.06. The largest absolute Gasteiger partial charge is 0.385 e. The van der Waals surface area contributed by atoms with Gasteiger partial charge in [-0.15, -0.1) is 0 Å². The maximum Gasteiger partial charge on any atom is 0.252 e. The van der Waals surface area contributed by atoms with E-state index in [2.05, 4.69) is 29.5 Å². The van der Waals surface area contributed by atoms with E-state index in [1.165, 1.54) is 6.20 Å². The highest BCUT2D eigenvalue weighted by Crippen LogP contribution is 2.21. The number of aromatic nitrogens is 1. The fraction of sp³-hybridized carbons (Fsp3) is 0.571. The van der Waals surface area contributed by atoms with Crippen molar-refractivity contribution in [2.75, 3.05) is 32.6 Å². The second-order valence-electron chi connectivity index (χ2n) is 5.39. The Morgan fingerprint density at radius 1 is 1.50 bits per heavy atom. The summed E-state index contributed by atoms with van der Waals surface area (Å²) in [6, 6.07) is 1.61. The van der Waals surface area contributed by atoms with Gasteiger partial charge in [-0.05, 0) is 17.9 Å². The fourth-order valence-corrected chi connectivity index (χ4v) is 1.90. The topological polar surface area (TPSA) is 63.2 Å². The van der Waals surface area contributed by atoms with E-state index >= 15 is 0 Å². The molecule has 0 atom stereocenters. The first kappa shape index (κ1) is 16.7. The molecule has 0 saturated heterocycles. The Morgan fingerprint density at radius 3 is 2.75 bits per heavy atom.